The lowest BCUT2D eigenvalue weighted by Gasteiger charge is -2.09. The summed E-state index contributed by atoms with van der Waals surface area (Å²) < 4.78 is 14.1. The third-order valence-corrected chi connectivity index (χ3v) is 3.54. The summed E-state index contributed by atoms with van der Waals surface area (Å²) in [5.74, 6) is 0.673. The van der Waals surface area contributed by atoms with Crippen LogP contribution in [0.2, 0.25) is 5.02 Å². The first-order valence-electron chi connectivity index (χ1n) is 5.19. The van der Waals surface area contributed by atoms with Gasteiger partial charge in [0.15, 0.2) is 5.82 Å². The zero-order chi connectivity index (χ0) is 13.3. The zero-order valence-electron chi connectivity index (χ0n) is 9.76. The van der Waals surface area contributed by atoms with Gasteiger partial charge in [-0.2, -0.15) is 0 Å². The average Bonchev–Trinajstić information content (AvgIpc) is 2.31. The smallest absolute Gasteiger partial charge is 0.161 e. The molecule has 1 aromatic heterocycles. The van der Waals surface area contributed by atoms with Crippen LogP contribution in [0.3, 0.4) is 0 Å². The molecule has 3 nitrogen and oxygen atoms in total. The van der Waals surface area contributed by atoms with Crippen LogP contribution >= 0.6 is 27.5 Å². The molecule has 0 saturated carbocycles. The van der Waals surface area contributed by atoms with E-state index in [1.807, 2.05) is 6.92 Å². The van der Waals surface area contributed by atoms with Gasteiger partial charge < -0.3 is 5.32 Å². The third-order valence-electron chi connectivity index (χ3n) is 2.37. The van der Waals surface area contributed by atoms with Crippen molar-refractivity contribution in [2.75, 3.05) is 12.4 Å². The number of aromatic nitrogens is 2. The molecule has 18 heavy (non-hydrogen) atoms. The van der Waals surface area contributed by atoms with E-state index in [4.69, 9.17) is 11.6 Å². The van der Waals surface area contributed by atoms with E-state index in [0.29, 0.717) is 22.2 Å². The first-order valence-corrected chi connectivity index (χ1v) is 6.36. The van der Waals surface area contributed by atoms with Crippen molar-refractivity contribution in [1.29, 1.82) is 0 Å². The number of aryl methyl sites for hydroxylation is 1. The highest BCUT2D eigenvalue weighted by molar-refractivity contribution is 9.10. The van der Waals surface area contributed by atoms with E-state index in [1.165, 1.54) is 12.1 Å². The molecule has 0 radical (unpaired) electrons. The Morgan fingerprint density at radius 2 is 2.00 bits per heavy atom. The molecule has 0 amide bonds. The largest absolute Gasteiger partial charge is 0.372 e. The van der Waals surface area contributed by atoms with Crippen molar-refractivity contribution in [1.82, 2.24) is 9.97 Å². The molecule has 0 spiro atoms. The summed E-state index contributed by atoms with van der Waals surface area (Å²) in [7, 11) is 1.76. The van der Waals surface area contributed by atoms with Crippen molar-refractivity contribution in [3.63, 3.8) is 0 Å². The Labute approximate surface area is 118 Å². The van der Waals surface area contributed by atoms with E-state index >= 15 is 0 Å². The lowest BCUT2D eigenvalue weighted by atomic mass is 10.2. The average molecular weight is 331 g/mol. The van der Waals surface area contributed by atoms with Crippen molar-refractivity contribution in [3.05, 3.63) is 39.2 Å². The zero-order valence-corrected chi connectivity index (χ0v) is 12.1. The molecular weight excluding hydrogens is 321 g/mol. The van der Waals surface area contributed by atoms with E-state index in [9.17, 15) is 4.39 Å². The van der Waals surface area contributed by atoms with Crippen LogP contribution < -0.4 is 5.32 Å². The Kier molecular flexibility index (Phi) is 3.82. The molecule has 2 rings (SSSR count). The number of anilines is 1. The topological polar surface area (TPSA) is 37.8 Å². The molecule has 0 saturated heterocycles. The van der Waals surface area contributed by atoms with Crippen LogP contribution in [-0.2, 0) is 0 Å². The van der Waals surface area contributed by atoms with Crippen LogP contribution in [0, 0.1) is 12.7 Å². The van der Waals surface area contributed by atoms with E-state index in [-0.39, 0.29) is 0 Å². The number of benzene rings is 1. The fourth-order valence-corrected chi connectivity index (χ4v) is 2.13. The van der Waals surface area contributed by atoms with Crippen LogP contribution in [0.15, 0.2) is 22.7 Å². The Morgan fingerprint density at radius 1 is 1.28 bits per heavy atom. The second kappa shape index (κ2) is 5.20. The van der Waals surface area contributed by atoms with Crippen LogP contribution in [0.4, 0.5) is 10.2 Å². The molecular formula is C12H10BrClFN3. The fraction of sp³-hybridized carbons (Fsp3) is 0.167. The van der Waals surface area contributed by atoms with Gasteiger partial charge in [-0.15, -0.1) is 0 Å². The Balaban J connectivity index is 2.60. The number of halogens is 3. The van der Waals surface area contributed by atoms with Crippen LogP contribution in [0.1, 0.15) is 5.69 Å². The molecule has 0 atom stereocenters. The summed E-state index contributed by atoms with van der Waals surface area (Å²) in [6.45, 7) is 1.84. The standard InChI is InChI=1S/C12H10BrClFN3/c1-6-10(13)12(16-2)18-11(17-6)7-3-8(14)5-9(15)4-7/h3-5H,1-2H3,(H,16,17,18). The van der Waals surface area contributed by atoms with Crippen LogP contribution in [0.25, 0.3) is 11.4 Å². The van der Waals surface area contributed by atoms with Gasteiger partial charge in [-0.3, -0.25) is 0 Å². The molecule has 2 aromatic rings. The normalized spacial score (nSPS) is 10.5. The minimum atomic E-state index is -0.410. The predicted molar refractivity (Wildman–Crippen MR) is 74.4 cm³/mol. The molecule has 6 heteroatoms. The van der Waals surface area contributed by atoms with Gasteiger partial charge in [0.05, 0.1) is 10.2 Å². The SMILES string of the molecule is CNc1nc(-c2cc(F)cc(Cl)c2)nc(C)c1Br. The van der Waals surface area contributed by atoms with Crippen molar-refractivity contribution < 1.29 is 4.39 Å². The summed E-state index contributed by atoms with van der Waals surface area (Å²) in [5, 5.41) is 3.27. The van der Waals surface area contributed by atoms with Gasteiger partial charge >= 0.3 is 0 Å². The summed E-state index contributed by atoms with van der Waals surface area (Å²) >= 11 is 9.21. The number of nitrogens with one attached hydrogen (secondary N) is 1. The lowest BCUT2D eigenvalue weighted by Crippen LogP contribution is -2.01. The number of rotatable bonds is 2. The Bertz CT molecular complexity index is 584. The van der Waals surface area contributed by atoms with Crippen molar-refractivity contribution in [2.45, 2.75) is 6.92 Å². The highest BCUT2D eigenvalue weighted by Crippen LogP contribution is 2.28. The minimum absolute atomic E-state index is 0.320. The predicted octanol–water partition coefficient (Wildman–Crippen LogP) is 4.05. The molecule has 1 aromatic carbocycles. The molecule has 0 aliphatic heterocycles. The highest BCUT2D eigenvalue weighted by atomic mass is 79.9. The van der Waals surface area contributed by atoms with E-state index in [0.717, 1.165) is 10.2 Å². The van der Waals surface area contributed by atoms with E-state index in [2.05, 4.69) is 31.2 Å². The van der Waals surface area contributed by atoms with Gasteiger partial charge in [0.1, 0.15) is 11.6 Å². The second-order valence-corrected chi connectivity index (χ2v) is 4.93. The van der Waals surface area contributed by atoms with Crippen molar-refractivity contribution in [3.8, 4) is 11.4 Å². The number of nitrogens with zero attached hydrogens (tertiary/aromatic N) is 2. The van der Waals surface area contributed by atoms with Gasteiger partial charge in [0.25, 0.3) is 0 Å². The maximum Gasteiger partial charge on any atom is 0.161 e. The maximum atomic E-state index is 13.3. The first kappa shape index (κ1) is 13.2. The molecule has 1 N–H and O–H groups in total. The quantitative estimate of drug-likeness (QED) is 0.902. The van der Waals surface area contributed by atoms with Gasteiger partial charge in [-0.1, -0.05) is 11.6 Å². The first-order chi connectivity index (χ1) is 8.51. The highest BCUT2D eigenvalue weighted by Gasteiger charge is 2.11. The van der Waals surface area contributed by atoms with Crippen molar-refractivity contribution in [2.24, 2.45) is 0 Å². The summed E-state index contributed by atoms with van der Waals surface area (Å²) in [5.41, 5.74) is 1.32. The van der Waals surface area contributed by atoms with E-state index < -0.39 is 5.82 Å². The van der Waals surface area contributed by atoms with E-state index in [1.54, 1.807) is 13.1 Å². The molecule has 0 unspecified atom stereocenters. The third kappa shape index (κ3) is 2.62. The molecule has 0 aliphatic rings. The summed E-state index contributed by atoms with van der Waals surface area (Å²) in [6, 6.07) is 4.23. The Hall–Kier alpha value is -1.20. The molecule has 94 valence electrons. The maximum absolute atomic E-state index is 13.3. The summed E-state index contributed by atoms with van der Waals surface area (Å²) in [4.78, 5) is 8.62. The molecule has 0 aliphatic carbocycles. The lowest BCUT2D eigenvalue weighted by molar-refractivity contribution is 0.628. The molecule has 0 fully saturated rings. The Morgan fingerprint density at radius 3 is 2.61 bits per heavy atom. The van der Waals surface area contributed by atoms with Gasteiger partial charge in [-0.05, 0) is 41.1 Å². The van der Waals surface area contributed by atoms with Crippen LogP contribution in [-0.4, -0.2) is 17.0 Å². The molecule has 1 heterocycles. The van der Waals surface area contributed by atoms with Crippen LogP contribution in [0.5, 0.6) is 0 Å². The number of hydrogen-bond donors (Lipinski definition) is 1. The molecule has 0 bridgehead atoms. The van der Waals surface area contributed by atoms with Crippen molar-refractivity contribution >= 4 is 33.3 Å². The minimum Gasteiger partial charge on any atom is -0.372 e. The van der Waals surface area contributed by atoms with Gasteiger partial charge in [0.2, 0.25) is 0 Å². The van der Waals surface area contributed by atoms with Gasteiger partial charge in [0, 0.05) is 17.6 Å². The number of hydrogen-bond acceptors (Lipinski definition) is 3. The monoisotopic (exact) mass is 329 g/mol. The summed E-state index contributed by atoms with van der Waals surface area (Å²) in [6.07, 6.45) is 0. The fourth-order valence-electron chi connectivity index (χ4n) is 1.54. The van der Waals surface area contributed by atoms with Gasteiger partial charge in [-0.25, -0.2) is 14.4 Å². The second-order valence-electron chi connectivity index (χ2n) is 3.70.